The van der Waals surface area contributed by atoms with E-state index < -0.39 is 28.5 Å². The van der Waals surface area contributed by atoms with Gasteiger partial charge in [0.2, 0.25) is 11.8 Å². The molecular formula is C29H35N3O4S. The average Bonchev–Trinajstić information content (AvgIpc) is 2.89. The molecule has 0 unspecified atom stereocenters. The highest BCUT2D eigenvalue weighted by Gasteiger charge is 2.34. The fourth-order valence-electron chi connectivity index (χ4n) is 4.21. The molecule has 196 valence electrons. The van der Waals surface area contributed by atoms with Crippen LogP contribution in [0.2, 0.25) is 0 Å². The molecule has 0 spiro atoms. The van der Waals surface area contributed by atoms with Crippen molar-refractivity contribution >= 4 is 27.5 Å². The Balaban J connectivity index is 2.08. The van der Waals surface area contributed by atoms with Crippen LogP contribution in [-0.4, -0.2) is 44.3 Å². The van der Waals surface area contributed by atoms with Gasteiger partial charge >= 0.3 is 0 Å². The van der Waals surface area contributed by atoms with E-state index in [9.17, 15) is 18.0 Å². The zero-order valence-corrected chi connectivity index (χ0v) is 22.7. The zero-order valence-electron chi connectivity index (χ0n) is 21.8. The highest BCUT2D eigenvalue weighted by atomic mass is 32.2. The molecule has 0 aromatic heterocycles. The summed E-state index contributed by atoms with van der Waals surface area (Å²) in [6.45, 7) is 7.53. The van der Waals surface area contributed by atoms with E-state index >= 15 is 0 Å². The monoisotopic (exact) mass is 521 g/mol. The SMILES string of the molecule is CCNC(=O)[C@H](CC)N(Cc1ccccc1)C(=O)CN(c1cc(C)ccc1C)S(=O)(=O)c1ccccc1. The normalized spacial score (nSPS) is 12.0. The van der Waals surface area contributed by atoms with Crippen LogP contribution in [-0.2, 0) is 26.2 Å². The zero-order chi connectivity index (χ0) is 27.0. The number of carbonyl (C=O) groups excluding carboxylic acids is 2. The topological polar surface area (TPSA) is 86.8 Å². The Hall–Kier alpha value is -3.65. The number of hydrogen-bond acceptors (Lipinski definition) is 4. The maximum absolute atomic E-state index is 14.0. The second kappa shape index (κ2) is 12.5. The molecule has 0 aliphatic rings. The molecule has 0 aliphatic heterocycles. The number of likely N-dealkylation sites (N-methyl/N-ethyl adjacent to an activating group) is 1. The molecule has 7 nitrogen and oxygen atoms in total. The smallest absolute Gasteiger partial charge is 0.264 e. The number of aryl methyl sites for hydroxylation is 2. The van der Waals surface area contributed by atoms with Gasteiger partial charge in [0.05, 0.1) is 10.6 Å². The van der Waals surface area contributed by atoms with Crippen molar-refractivity contribution < 1.29 is 18.0 Å². The van der Waals surface area contributed by atoms with Crippen LogP contribution in [0.25, 0.3) is 0 Å². The summed E-state index contributed by atoms with van der Waals surface area (Å²) in [7, 11) is -4.07. The molecule has 0 heterocycles. The fourth-order valence-corrected chi connectivity index (χ4v) is 5.70. The molecule has 0 aliphatic carbocycles. The van der Waals surface area contributed by atoms with Crippen molar-refractivity contribution in [2.75, 3.05) is 17.4 Å². The van der Waals surface area contributed by atoms with Gasteiger partial charge in [-0.3, -0.25) is 13.9 Å². The summed E-state index contributed by atoms with van der Waals surface area (Å²) in [5.41, 5.74) is 2.88. The van der Waals surface area contributed by atoms with Crippen molar-refractivity contribution in [2.45, 2.75) is 51.6 Å². The third kappa shape index (κ3) is 6.77. The predicted octanol–water partition coefficient (Wildman–Crippen LogP) is 4.44. The van der Waals surface area contributed by atoms with E-state index in [1.807, 2.05) is 70.2 Å². The summed E-state index contributed by atoms with van der Waals surface area (Å²) in [6, 6.07) is 22.2. The van der Waals surface area contributed by atoms with Gasteiger partial charge in [0.1, 0.15) is 12.6 Å². The lowest BCUT2D eigenvalue weighted by atomic mass is 10.1. The van der Waals surface area contributed by atoms with E-state index in [-0.39, 0.29) is 17.3 Å². The number of anilines is 1. The molecule has 3 aromatic rings. The van der Waals surface area contributed by atoms with E-state index in [4.69, 9.17) is 0 Å². The van der Waals surface area contributed by atoms with Crippen molar-refractivity contribution in [2.24, 2.45) is 0 Å². The second-order valence-corrected chi connectivity index (χ2v) is 10.8. The number of nitrogens with zero attached hydrogens (tertiary/aromatic N) is 2. The Labute approximate surface area is 220 Å². The quantitative estimate of drug-likeness (QED) is 0.404. The van der Waals surface area contributed by atoms with Gasteiger partial charge in [-0.15, -0.1) is 0 Å². The third-order valence-electron chi connectivity index (χ3n) is 6.18. The summed E-state index contributed by atoms with van der Waals surface area (Å²) in [5.74, 6) is -0.721. The summed E-state index contributed by atoms with van der Waals surface area (Å²) in [6.07, 6.45) is 0.388. The number of benzene rings is 3. The molecule has 2 amide bonds. The Morgan fingerprint density at radius 2 is 1.51 bits per heavy atom. The van der Waals surface area contributed by atoms with Crippen LogP contribution < -0.4 is 9.62 Å². The van der Waals surface area contributed by atoms with Crippen molar-refractivity contribution in [1.82, 2.24) is 10.2 Å². The Bertz CT molecular complexity index is 1310. The van der Waals surface area contributed by atoms with Gasteiger partial charge in [0.25, 0.3) is 10.0 Å². The largest absolute Gasteiger partial charge is 0.355 e. The standard InChI is InChI=1S/C29H35N3O4S/c1-5-26(29(34)30-6-2)31(20-24-13-9-7-10-14-24)28(33)21-32(27-19-22(3)17-18-23(27)4)37(35,36)25-15-11-8-12-16-25/h7-19,26H,5-6,20-21H2,1-4H3,(H,30,34)/t26-/m0/s1. The third-order valence-corrected chi connectivity index (χ3v) is 7.95. The molecule has 0 radical (unpaired) electrons. The average molecular weight is 522 g/mol. The molecule has 1 N–H and O–H groups in total. The first kappa shape index (κ1) is 27.9. The molecule has 1 atom stereocenters. The van der Waals surface area contributed by atoms with E-state index in [2.05, 4.69) is 5.32 Å². The van der Waals surface area contributed by atoms with Gasteiger partial charge in [0.15, 0.2) is 0 Å². The molecule has 0 fully saturated rings. The van der Waals surface area contributed by atoms with Crippen LogP contribution in [0.4, 0.5) is 5.69 Å². The molecule has 3 rings (SSSR count). The van der Waals surface area contributed by atoms with Crippen LogP contribution >= 0.6 is 0 Å². The highest BCUT2D eigenvalue weighted by Crippen LogP contribution is 2.28. The van der Waals surface area contributed by atoms with Crippen LogP contribution in [0.15, 0.2) is 83.8 Å². The Kier molecular flexibility index (Phi) is 9.47. The Morgan fingerprint density at radius 3 is 2.11 bits per heavy atom. The van der Waals surface area contributed by atoms with Crippen molar-refractivity contribution in [1.29, 1.82) is 0 Å². The van der Waals surface area contributed by atoms with E-state index in [1.54, 1.807) is 24.3 Å². The van der Waals surface area contributed by atoms with Crippen molar-refractivity contribution in [3.8, 4) is 0 Å². The number of sulfonamides is 1. The lowest BCUT2D eigenvalue weighted by Gasteiger charge is -2.33. The summed E-state index contributed by atoms with van der Waals surface area (Å²) < 4.78 is 28.9. The first-order valence-electron chi connectivity index (χ1n) is 12.4. The van der Waals surface area contributed by atoms with Crippen LogP contribution in [0.5, 0.6) is 0 Å². The molecule has 8 heteroatoms. The molecule has 0 saturated heterocycles. The first-order valence-corrected chi connectivity index (χ1v) is 13.9. The van der Waals surface area contributed by atoms with Crippen LogP contribution in [0.3, 0.4) is 0 Å². The highest BCUT2D eigenvalue weighted by molar-refractivity contribution is 7.92. The molecule has 3 aromatic carbocycles. The lowest BCUT2D eigenvalue weighted by Crippen LogP contribution is -2.52. The fraction of sp³-hybridized carbons (Fsp3) is 0.310. The maximum Gasteiger partial charge on any atom is 0.264 e. The number of hydrogen-bond donors (Lipinski definition) is 1. The molecular weight excluding hydrogens is 486 g/mol. The summed E-state index contributed by atoms with van der Waals surface area (Å²) >= 11 is 0. The molecule has 37 heavy (non-hydrogen) atoms. The van der Waals surface area contributed by atoms with E-state index in [0.29, 0.717) is 18.7 Å². The first-order chi connectivity index (χ1) is 17.7. The van der Waals surface area contributed by atoms with Gasteiger partial charge in [0, 0.05) is 13.1 Å². The second-order valence-electron chi connectivity index (χ2n) is 8.94. The van der Waals surface area contributed by atoms with Crippen LogP contribution in [0.1, 0.15) is 37.0 Å². The minimum atomic E-state index is -4.07. The van der Waals surface area contributed by atoms with Gasteiger partial charge in [-0.1, -0.05) is 67.6 Å². The molecule has 0 saturated carbocycles. The predicted molar refractivity (Wildman–Crippen MR) is 147 cm³/mol. The van der Waals surface area contributed by atoms with Gasteiger partial charge in [-0.25, -0.2) is 8.42 Å². The maximum atomic E-state index is 14.0. The van der Waals surface area contributed by atoms with Gasteiger partial charge in [-0.05, 0) is 62.1 Å². The molecule has 0 bridgehead atoms. The van der Waals surface area contributed by atoms with Gasteiger partial charge in [-0.2, -0.15) is 0 Å². The van der Waals surface area contributed by atoms with E-state index in [0.717, 1.165) is 21.0 Å². The Morgan fingerprint density at radius 1 is 0.892 bits per heavy atom. The number of rotatable bonds is 11. The summed E-state index contributed by atoms with van der Waals surface area (Å²) in [4.78, 5) is 28.5. The summed E-state index contributed by atoms with van der Waals surface area (Å²) in [5, 5.41) is 2.81. The number of nitrogens with one attached hydrogen (secondary N) is 1. The lowest BCUT2D eigenvalue weighted by molar-refractivity contribution is -0.140. The minimum absolute atomic E-state index is 0.0917. The number of amides is 2. The van der Waals surface area contributed by atoms with E-state index in [1.165, 1.54) is 17.0 Å². The van der Waals surface area contributed by atoms with Crippen molar-refractivity contribution in [3.05, 3.63) is 95.6 Å². The van der Waals surface area contributed by atoms with Gasteiger partial charge < -0.3 is 10.2 Å². The number of carbonyl (C=O) groups is 2. The minimum Gasteiger partial charge on any atom is -0.355 e. The van der Waals surface area contributed by atoms with Crippen molar-refractivity contribution in [3.63, 3.8) is 0 Å². The van der Waals surface area contributed by atoms with Crippen LogP contribution in [0, 0.1) is 13.8 Å².